The van der Waals surface area contributed by atoms with Crippen LogP contribution in [0.3, 0.4) is 0 Å². The molecule has 18 heavy (non-hydrogen) atoms. The van der Waals surface area contributed by atoms with Crippen molar-refractivity contribution < 1.29 is 9.18 Å². The molecule has 1 amide bonds. The van der Waals surface area contributed by atoms with Crippen molar-refractivity contribution in [3.8, 4) is 0 Å². The van der Waals surface area contributed by atoms with Gasteiger partial charge in [-0.15, -0.1) is 0 Å². The van der Waals surface area contributed by atoms with Crippen LogP contribution in [0.5, 0.6) is 0 Å². The SMILES string of the molecule is O=C(Nc1cc(F)cc(Cl)c1)c1cc[nH]c(=O)c1. The van der Waals surface area contributed by atoms with Crippen LogP contribution >= 0.6 is 11.6 Å². The van der Waals surface area contributed by atoms with Crippen molar-refractivity contribution in [3.63, 3.8) is 0 Å². The van der Waals surface area contributed by atoms with Gasteiger partial charge in [-0.25, -0.2) is 4.39 Å². The molecule has 0 saturated carbocycles. The third-order valence-electron chi connectivity index (χ3n) is 2.16. The molecule has 0 aliphatic carbocycles. The number of halogens is 2. The highest BCUT2D eigenvalue weighted by Crippen LogP contribution is 2.18. The maximum atomic E-state index is 13.1. The lowest BCUT2D eigenvalue weighted by atomic mass is 10.2. The van der Waals surface area contributed by atoms with Gasteiger partial charge in [-0.3, -0.25) is 9.59 Å². The lowest BCUT2D eigenvalue weighted by molar-refractivity contribution is 0.102. The molecule has 92 valence electrons. The number of aromatic amines is 1. The van der Waals surface area contributed by atoms with E-state index < -0.39 is 11.7 Å². The highest BCUT2D eigenvalue weighted by molar-refractivity contribution is 6.31. The molecule has 1 heterocycles. The molecule has 4 nitrogen and oxygen atoms in total. The fourth-order valence-electron chi connectivity index (χ4n) is 1.42. The molecule has 0 radical (unpaired) electrons. The van der Waals surface area contributed by atoms with E-state index in [1.54, 1.807) is 0 Å². The highest BCUT2D eigenvalue weighted by Gasteiger charge is 2.07. The summed E-state index contributed by atoms with van der Waals surface area (Å²) in [7, 11) is 0. The molecule has 0 aliphatic rings. The van der Waals surface area contributed by atoms with E-state index in [9.17, 15) is 14.0 Å². The third-order valence-corrected chi connectivity index (χ3v) is 2.38. The predicted octanol–water partition coefficient (Wildman–Crippen LogP) is 2.42. The Morgan fingerprint density at radius 1 is 1.28 bits per heavy atom. The molecule has 0 spiro atoms. The Morgan fingerprint density at radius 3 is 2.72 bits per heavy atom. The van der Waals surface area contributed by atoms with Crippen LogP contribution in [-0.4, -0.2) is 10.9 Å². The van der Waals surface area contributed by atoms with Crippen molar-refractivity contribution in [2.24, 2.45) is 0 Å². The van der Waals surface area contributed by atoms with Crippen LogP contribution < -0.4 is 10.9 Å². The van der Waals surface area contributed by atoms with E-state index in [2.05, 4.69) is 10.3 Å². The Hall–Kier alpha value is -2.14. The number of carbonyl (C=O) groups excluding carboxylic acids is 1. The van der Waals surface area contributed by atoms with Gasteiger partial charge >= 0.3 is 0 Å². The van der Waals surface area contributed by atoms with Gasteiger partial charge in [0, 0.05) is 28.5 Å². The zero-order chi connectivity index (χ0) is 13.1. The van der Waals surface area contributed by atoms with Crippen molar-refractivity contribution in [2.75, 3.05) is 5.32 Å². The average molecular weight is 267 g/mol. The standard InChI is InChI=1S/C12H8ClFN2O2/c13-8-4-9(14)6-10(5-8)16-12(18)7-1-2-15-11(17)3-7/h1-6H,(H,15,17)(H,16,18). The number of nitrogens with one attached hydrogen (secondary N) is 2. The Labute approximate surface area is 106 Å². The molecule has 0 bridgehead atoms. The number of carbonyl (C=O) groups is 1. The summed E-state index contributed by atoms with van der Waals surface area (Å²) in [5.41, 5.74) is 0.0179. The number of rotatable bonds is 2. The quantitative estimate of drug-likeness (QED) is 0.877. The van der Waals surface area contributed by atoms with Gasteiger partial charge in [0.1, 0.15) is 5.82 Å². The van der Waals surface area contributed by atoms with E-state index in [1.165, 1.54) is 18.3 Å². The lowest BCUT2D eigenvalue weighted by Gasteiger charge is -2.05. The maximum absolute atomic E-state index is 13.1. The van der Waals surface area contributed by atoms with Gasteiger partial charge in [0.2, 0.25) is 5.56 Å². The molecule has 2 rings (SSSR count). The van der Waals surface area contributed by atoms with E-state index in [-0.39, 0.29) is 21.8 Å². The molecule has 0 aliphatic heterocycles. The van der Waals surface area contributed by atoms with Gasteiger partial charge in [-0.1, -0.05) is 11.6 Å². The van der Waals surface area contributed by atoms with Crippen molar-refractivity contribution in [1.29, 1.82) is 0 Å². The van der Waals surface area contributed by atoms with Crippen molar-refractivity contribution in [2.45, 2.75) is 0 Å². The second kappa shape index (κ2) is 5.01. The van der Waals surface area contributed by atoms with Gasteiger partial charge in [0.15, 0.2) is 0 Å². The number of pyridine rings is 1. The van der Waals surface area contributed by atoms with E-state index in [0.29, 0.717) is 0 Å². The Bertz CT molecular complexity index is 634. The lowest BCUT2D eigenvalue weighted by Crippen LogP contribution is -2.15. The van der Waals surface area contributed by atoms with E-state index >= 15 is 0 Å². The fourth-order valence-corrected chi connectivity index (χ4v) is 1.64. The minimum Gasteiger partial charge on any atom is -0.329 e. The number of amides is 1. The molecular formula is C12H8ClFN2O2. The zero-order valence-corrected chi connectivity index (χ0v) is 9.79. The molecule has 0 fully saturated rings. The molecule has 0 atom stereocenters. The van der Waals surface area contributed by atoms with Crippen LogP contribution in [0.15, 0.2) is 41.3 Å². The van der Waals surface area contributed by atoms with Crippen LogP contribution in [0.2, 0.25) is 5.02 Å². The number of hydrogen-bond donors (Lipinski definition) is 2. The first-order valence-electron chi connectivity index (χ1n) is 5.01. The monoisotopic (exact) mass is 266 g/mol. The number of anilines is 1. The number of hydrogen-bond acceptors (Lipinski definition) is 2. The van der Waals surface area contributed by atoms with Crippen molar-refractivity contribution in [1.82, 2.24) is 4.98 Å². The minimum atomic E-state index is -0.552. The van der Waals surface area contributed by atoms with Gasteiger partial charge in [-0.2, -0.15) is 0 Å². The molecule has 0 saturated heterocycles. The number of aromatic nitrogens is 1. The second-order valence-corrected chi connectivity index (χ2v) is 3.99. The summed E-state index contributed by atoms with van der Waals surface area (Å²) in [6.07, 6.45) is 1.36. The van der Waals surface area contributed by atoms with Crippen molar-refractivity contribution >= 4 is 23.2 Å². The zero-order valence-electron chi connectivity index (χ0n) is 9.04. The Balaban J connectivity index is 2.24. The molecular weight excluding hydrogens is 259 g/mol. The van der Waals surface area contributed by atoms with Crippen LogP contribution in [0.25, 0.3) is 0 Å². The smallest absolute Gasteiger partial charge is 0.255 e. The predicted molar refractivity (Wildman–Crippen MR) is 66.4 cm³/mol. The van der Waals surface area contributed by atoms with Crippen LogP contribution in [0.4, 0.5) is 10.1 Å². The van der Waals surface area contributed by atoms with Crippen LogP contribution in [0.1, 0.15) is 10.4 Å². The minimum absolute atomic E-state index is 0.177. The maximum Gasteiger partial charge on any atom is 0.255 e. The molecule has 0 unspecified atom stereocenters. The van der Waals surface area contributed by atoms with Gasteiger partial charge in [-0.05, 0) is 24.3 Å². The number of benzene rings is 1. The topological polar surface area (TPSA) is 62.0 Å². The summed E-state index contributed by atoms with van der Waals surface area (Å²) in [4.78, 5) is 25.2. The molecule has 2 N–H and O–H groups in total. The highest BCUT2D eigenvalue weighted by atomic mass is 35.5. The fraction of sp³-hybridized carbons (Fsp3) is 0. The average Bonchev–Trinajstić information content (AvgIpc) is 2.27. The van der Waals surface area contributed by atoms with Gasteiger partial charge in [0.05, 0.1) is 0 Å². The first-order valence-corrected chi connectivity index (χ1v) is 5.38. The first-order chi connectivity index (χ1) is 8.54. The van der Waals surface area contributed by atoms with Crippen molar-refractivity contribution in [3.05, 3.63) is 63.3 Å². The van der Waals surface area contributed by atoms with E-state index in [1.807, 2.05) is 0 Å². The second-order valence-electron chi connectivity index (χ2n) is 3.55. The first kappa shape index (κ1) is 12.3. The third kappa shape index (κ3) is 2.95. The normalized spacial score (nSPS) is 10.1. The summed E-state index contributed by atoms with van der Waals surface area (Å²) in [5.74, 6) is -1.06. The molecule has 6 heteroatoms. The molecule has 1 aromatic carbocycles. The largest absolute Gasteiger partial charge is 0.329 e. The molecule has 1 aromatic heterocycles. The summed E-state index contributed by atoms with van der Waals surface area (Å²) >= 11 is 5.66. The van der Waals surface area contributed by atoms with Gasteiger partial charge in [0.25, 0.3) is 5.91 Å². The summed E-state index contributed by atoms with van der Waals surface area (Å²) < 4.78 is 13.1. The Kier molecular flexibility index (Phi) is 3.43. The van der Waals surface area contributed by atoms with Crippen LogP contribution in [0, 0.1) is 5.82 Å². The number of H-pyrrole nitrogens is 1. The molecule has 2 aromatic rings. The summed E-state index contributed by atoms with van der Waals surface area (Å²) in [5, 5.41) is 2.63. The summed E-state index contributed by atoms with van der Waals surface area (Å²) in [6, 6.07) is 6.27. The van der Waals surface area contributed by atoms with E-state index in [0.717, 1.165) is 18.2 Å². The summed E-state index contributed by atoms with van der Waals surface area (Å²) in [6.45, 7) is 0. The Morgan fingerprint density at radius 2 is 2.06 bits per heavy atom. The van der Waals surface area contributed by atoms with Crippen LogP contribution in [-0.2, 0) is 0 Å². The van der Waals surface area contributed by atoms with Gasteiger partial charge < -0.3 is 10.3 Å². The van der Waals surface area contributed by atoms with E-state index in [4.69, 9.17) is 11.6 Å².